The molecule has 3 aromatic rings. The van der Waals surface area contributed by atoms with Crippen molar-refractivity contribution in [3.8, 4) is 5.75 Å². The third-order valence-corrected chi connectivity index (χ3v) is 3.60. The highest BCUT2D eigenvalue weighted by Crippen LogP contribution is 2.18. The van der Waals surface area contributed by atoms with Gasteiger partial charge in [0, 0.05) is 0 Å². The average Bonchev–Trinajstić information content (AvgIpc) is 2.60. The van der Waals surface area contributed by atoms with Gasteiger partial charge in [0.05, 0.1) is 24.4 Å². The van der Waals surface area contributed by atoms with Gasteiger partial charge in [-0.25, -0.2) is 9.37 Å². The first-order valence-corrected chi connectivity index (χ1v) is 7.53. The number of nitrogens with one attached hydrogen (secondary N) is 1. The number of hydrogen-bond acceptors (Lipinski definition) is 5. The van der Waals surface area contributed by atoms with Gasteiger partial charge in [0.2, 0.25) is 0 Å². The molecule has 2 aromatic carbocycles. The van der Waals surface area contributed by atoms with Crippen molar-refractivity contribution < 1.29 is 18.7 Å². The van der Waals surface area contributed by atoms with Gasteiger partial charge in [-0.05, 0) is 29.8 Å². The molecular formula is C18H15FN2O4. The van der Waals surface area contributed by atoms with Crippen molar-refractivity contribution >= 4 is 16.9 Å². The predicted molar refractivity (Wildman–Crippen MR) is 88.8 cm³/mol. The standard InChI is InChI=1S/C18H15FN2O4/c1-24-15-7-6-11(8-13(15)19)9-17(22)25-10-16-20-14-5-3-2-4-12(14)18(23)21-16/h2-8H,9-10H2,1H3,(H,20,21,23). The lowest BCUT2D eigenvalue weighted by molar-refractivity contribution is -0.144. The maximum absolute atomic E-state index is 13.6. The van der Waals surface area contributed by atoms with Crippen LogP contribution in [-0.4, -0.2) is 23.0 Å². The number of nitrogens with zero attached hydrogens (tertiary/aromatic N) is 1. The number of hydrogen-bond donors (Lipinski definition) is 1. The topological polar surface area (TPSA) is 81.3 Å². The van der Waals surface area contributed by atoms with E-state index in [1.807, 2.05) is 0 Å². The minimum absolute atomic E-state index is 0.0985. The second kappa shape index (κ2) is 7.12. The number of esters is 1. The summed E-state index contributed by atoms with van der Waals surface area (Å²) in [5.41, 5.74) is 0.687. The molecule has 6 nitrogen and oxygen atoms in total. The van der Waals surface area contributed by atoms with E-state index in [9.17, 15) is 14.0 Å². The molecule has 128 valence electrons. The highest BCUT2D eigenvalue weighted by molar-refractivity contribution is 5.77. The summed E-state index contributed by atoms with van der Waals surface area (Å²) >= 11 is 0. The van der Waals surface area contributed by atoms with Crippen LogP contribution in [0, 0.1) is 5.82 Å². The number of aromatic nitrogens is 2. The fourth-order valence-corrected chi connectivity index (χ4v) is 2.39. The van der Waals surface area contributed by atoms with E-state index in [0.717, 1.165) is 0 Å². The monoisotopic (exact) mass is 342 g/mol. The van der Waals surface area contributed by atoms with E-state index in [1.165, 1.54) is 19.2 Å². The van der Waals surface area contributed by atoms with E-state index in [2.05, 4.69) is 9.97 Å². The van der Waals surface area contributed by atoms with Crippen molar-refractivity contribution in [3.63, 3.8) is 0 Å². The molecule has 25 heavy (non-hydrogen) atoms. The van der Waals surface area contributed by atoms with Crippen LogP contribution in [0.2, 0.25) is 0 Å². The number of methoxy groups -OCH3 is 1. The zero-order valence-electron chi connectivity index (χ0n) is 13.4. The Morgan fingerprint density at radius 2 is 2.04 bits per heavy atom. The first kappa shape index (κ1) is 16.6. The van der Waals surface area contributed by atoms with Crippen molar-refractivity contribution in [3.05, 3.63) is 70.0 Å². The molecule has 1 N–H and O–H groups in total. The van der Waals surface area contributed by atoms with Crippen LogP contribution in [0.25, 0.3) is 10.9 Å². The molecule has 0 bridgehead atoms. The largest absolute Gasteiger partial charge is 0.494 e. The zero-order valence-corrected chi connectivity index (χ0v) is 13.4. The predicted octanol–water partition coefficient (Wildman–Crippen LogP) is 2.36. The Kier molecular flexibility index (Phi) is 4.74. The quantitative estimate of drug-likeness (QED) is 0.720. The molecule has 0 aliphatic rings. The number of carbonyl (C=O) groups is 1. The zero-order chi connectivity index (χ0) is 17.8. The number of para-hydroxylation sites is 1. The van der Waals surface area contributed by atoms with Gasteiger partial charge < -0.3 is 14.5 Å². The maximum atomic E-state index is 13.6. The first-order chi connectivity index (χ1) is 12.1. The second-order valence-corrected chi connectivity index (χ2v) is 5.34. The minimum atomic E-state index is -0.555. The van der Waals surface area contributed by atoms with Crippen LogP contribution in [0.1, 0.15) is 11.4 Å². The molecule has 1 heterocycles. The molecule has 0 saturated carbocycles. The van der Waals surface area contributed by atoms with E-state index >= 15 is 0 Å². The Balaban J connectivity index is 1.66. The van der Waals surface area contributed by atoms with Crippen molar-refractivity contribution in [1.29, 1.82) is 0 Å². The molecule has 0 amide bonds. The summed E-state index contributed by atoms with van der Waals surface area (Å²) in [5, 5.41) is 0.464. The Hall–Kier alpha value is -3.22. The third-order valence-electron chi connectivity index (χ3n) is 3.60. The number of ether oxygens (including phenoxy) is 2. The van der Waals surface area contributed by atoms with E-state index in [0.29, 0.717) is 16.5 Å². The molecule has 7 heteroatoms. The van der Waals surface area contributed by atoms with E-state index in [4.69, 9.17) is 9.47 Å². The Bertz CT molecular complexity index is 984. The van der Waals surface area contributed by atoms with Crippen LogP contribution < -0.4 is 10.3 Å². The highest BCUT2D eigenvalue weighted by atomic mass is 19.1. The number of benzene rings is 2. The lowest BCUT2D eigenvalue weighted by Crippen LogP contribution is -2.15. The smallest absolute Gasteiger partial charge is 0.310 e. The molecule has 0 radical (unpaired) electrons. The summed E-state index contributed by atoms with van der Waals surface area (Å²) in [6.45, 7) is -0.169. The SMILES string of the molecule is COc1ccc(CC(=O)OCc2nc3ccccc3c(=O)[nH]2)cc1F. The second-order valence-electron chi connectivity index (χ2n) is 5.34. The summed E-state index contributed by atoms with van der Waals surface area (Å²) in [5.74, 6) is -0.748. The summed E-state index contributed by atoms with van der Waals surface area (Å²) in [7, 11) is 1.36. The molecule has 0 unspecified atom stereocenters. The average molecular weight is 342 g/mol. The molecule has 0 spiro atoms. The normalized spacial score (nSPS) is 10.6. The molecule has 0 aliphatic heterocycles. The number of halogens is 1. The molecule has 1 aromatic heterocycles. The minimum Gasteiger partial charge on any atom is -0.494 e. The lowest BCUT2D eigenvalue weighted by atomic mass is 10.1. The van der Waals surface area contributed by atoms with Crippen molar-refractivity contribution in [2.45, 2.75) is 13.0 Å². The van der Waals surface area contributed by atoms with Gasteiger partial charge >= 0.3 is 5.97 Å². The first-order valence-electron chi connectivity index (χ1n) is 7.53. The van der Waals surface area contributed by atoms with Crippen molar-refractivity contribution in [2.75, 3.05) is 7.11 Å². The maximum Gasteiger partial charge on any atom is 0.310 e. The molecular weight excluding hydrogens is 327 g/mol. The number of fused-ring (bicyclic) bond motifs is 1. The van der Waals surface area contributed by atoms with Crippen LogP contribution in [0.5, 0.6) is 5.75 Å². The van der Waals surface area contributed by atoms with Gasteiger partial charge in [0.1, 0.15) is 12.4 Å². The van der Waals surface area contributed by atoms with E-state index in [-0.39, 0.29) is 30.2 Å². The van der Waals surface area contributed by atoms with Gasteiger partial charge in [-0.15, -0.1) is 0 Å². The van der Waals surface area contributed by atoms with Gasteiger partial charge in [-0.1, -0.05) is 18.2 Å². The van der Waals surface area contributed by atoms with Gasteiger partial charge in [0.25, 0.3) is 5.56 Å². The summed E-state index contributed by atoms with van der Waals surface area (Å²) < 4.78 is 23.5. The lowest BCUT2D eigenvalue weighted by Gasteiger charge is -2.07. The Morgan fingerprint density at radius 3 is 2.80 bits per heavy atom. The van der Waals surface area contributed by atoms with Crippen LogP contribution in [0.15, 0.2) is 47.3 Å². The molecule has 0 saturated heterocycles. The number of rotatable bonds is 5. The fourth-order valence-electron chi connectivity index (χ4n) is 2.39. The van der Waals surface area contributed by atoms with Crippen LogP contribution in [-0.2, 0) is 22.6 Å². The van der Waals surface area contributed by atoms with Crippen LogP contribution in [0.4, 0.5) is 4.39 Å². The molecule has 0 fully saturated rings. The van der Waals surface area contributed by atoms with Gasteiger partial charge in [-0.2, -0.15) is 0 Å². The van der Waals surface area contributed by atoms with Crippen molar-refractivity contribution in [2.24, 2.45) is 0 Å². The highest BCUT2D eigenvalue weighted by Gasteiger charge is 2.10. The molecule has 0 atom stereocenters. The Morgan fingerprint density at radius 1 is 1.24 bits per heavy atom. The van der Waals surface area contributed by atoms with E-state index in [1.54, 1.807) is 30.3 Å². The molecule has 3 rings (SSSR count). The summed E-state index contributed by atoms with van der Waals surface area (Å²) in [6.07, 6.45) is -0.0985. The number of carbonyl (C=O) groups excluding carboxylic acids is 1. The third kappa shape index (κ3) is 3.82. The summed E-state index contributed by atoms with van der Waals surface area (Å²) in [6, 6.07) is 11.1. The molecule has 0 aliphatic carbocycles. The van der Waals surface area contributed by atoms with Crippen LogP contribution in [0.3, 0.4) is 0 Å². The number of H-pyrrole nitrogens is 1. The van der Waals surface area contributed by atoms with Crippen molar-refractivity contribution in [1.82, 2.24) is 9.97 Å². The van der Waals surface area contributed by atoms with Gasteiger partial charge in [-0.3, -0.25) is 9.59 Å². The number of aromatic amines is 1. The van der Waals surface area contributed by atoms with Crippen LogP contribution >= 0.6 is 0 Å². The Labute approximate surface area is 142 Å². The fraction of sp³-hybridized carbons (Fsp3) is 0.167. The van der Waals surface area contributed by atoms with E-state index < -0.39 is 11.8 Å². The van der Waals surface area contributed by atoms with Gasteiger partial charge in [0.15, 0.2) is 11.6 Å². The summed E-state index contributed by atoms with van der Waals surface area (Å²) in [4.78, 5) is 30.7.